The van der Waals surface area contributed by atoms with Crippen LogP contribution in [0.4, 0.5) is 0 Å². The lowest BCUT2D eigenvalue weighted by atomic mass is 10.0. The van der Waals surface area contributed by atoms with Gasteiger partial charge < -0.3 is 9.47 Å². The fourth-order valence-corrected chi connectivity index (χ4v) is 2.15. The number of benzene rings is 1. The van der Waals surface area contributed by atoms with Gasteiger partial charge in [0.2, 0.25) is 5.78 Å². The molecule has 1 aromatic carbocycles. The molecule has 0 aliphatic carbocycles. The predicted molar refractivity (Wildman–Crippen MR) is 80.8 cm³/mol. The largest absolute Gasteiger partial charge is 0.465 e. The SMILES string of the molecule is CCOC(=O)c1[nH]nc(C(=O)c2ccccc2Cl)c1C(=O)OC. The summed E-state index contributed by atoms with van der Waals surface area (Å²) in [5, 5.41) is 6.33. The summed E-state index contributed by atoms with van der Waals surface area (Å²) in [6.07, 6.45) is 0. The van der Waals surface area contributed by atoms with Crippen LogP contribution in [0.2, 0.25) is 5.02 Å². The first-order chi connectivity index (χ1) is 11.0. The molecular formula is C15H13ClN2O5. The Morgan fingerprint density at radius 2 is 1.91 bits per heavy atom. The van der Waals surface area contributed by atoms with E-state index < -0.39 is 17.7 Å². The van der Waals surface area contributed by atoms with Crippen LogP contribution in [0, 0.1) is 0 Å². The van der Waals surface area contributed by atoms with Crippen molar-refractivity contribution in [1.82, 2.24) is 10.2 Å². The molecule has 0 saturated heterocycles. The van der Waals surface area contributed by atoms with E-state index in [0.29, 0.717) is 0 Å². The van der Waals surface area contributed by atoms with Gasteiger partial charge in [-0.05, 0) is 19.1 Å². The molecule has 23 heavy (non-hydrogen) atoms. The Labute approximate surface area is 136 Å². The third-order valence-electron chi connectivity index (χ3n) is 2.97. The van der Waals surface area contributed by atoms with Crippen LogP contribution < -0.4 is 0 Å². The number of aromatic amines is 1. The molecule has 0 fully saturated rings. The number of halogens is 1. The number of nitrogens with one attached hydrogen (secondary N) is 1. The lowest BCUT2D eigenvalue weighted by Gasteiger charge is -2.04. The highest BCUT2D eigenvalue weighted by Crippen LogP contribution is 2.22. The summed E-state index contributed by atoms with van der Waals surface area (Å²) in [5.41, 5.74) is -0.626. The summed E-state index contributed by atoms with van der Waals surface area (Å²) in [7, 11) is 1.13. The van der Waals surface area contributed by atoms with E-state index in [1.807, 2.05) is 0 Å². The Bertz CT molecular complexity index is 769. The van der Waals surface area contributed by atoms with Gasteiger partial charge in [0.15, 0.2) is 5.69 Å². The number of rotatable bonds is 5. The molecule has 0 bridgehead atoms. The maximum atomic E-state index is 12.6. The number of ketones is 1. The first-order valence-corrected chi connectivity index (χ1v) is 7.02. The molecule has 1 N–H and O–H groups in total. The van der Waals surface area contributed by atoms with Gasteiger partial charge in [-0.3, -0.25) is 9.89 Å². The maximum Gasteiger partial charge on any atom is 0.357 e. The molecule has 0 radical (unpaired) electrons. The van der Waals surface area contributed by atoms with Crippen molar-refractivity contribution in [2.45, 2.75) is 6.92 Å². The second kappa shape index (κ2) is 7.06. The van der Waals surface area contributed by atoms with Gasteiger partial charge in [-0.1, -0.05) is 23.7 Å². The van der Waals surface area contributed by atoms with Crippen molar-refractivity contribution in [1.29, 1.82) is 0 Å². The Hall–Kier alpha value is -2.67. The van der Waals surface area contributed by atoms with Gasteiger partial charge in [-0.2, -0.15) is 5.10 Å². The smallest absolute Gasteiger partial charge is 0.357 e. The van der Waals surface area contributed by atoms with E-state index in [-0.39, 0.29) is 34.1 Å². The molecule has 1 heterocycles. The van der Waals surface area contributed by atoms with Crippen LogP contribution in [-0.4, -0.2) is 41.6 Å². The molecule has 2 aromatic rings. The van der Waals surface area contributed by atoms with Crippen LogP contribution in [0.15, 0.2) is 24.3 Å². The standard InChI is InChI=1S/C15H13ClN2O5/c1-3-23-15(21)12-10(14(20)22-2)11(17-18-12)13(19)8-6-4-5-7-9(8)16/h4-7H,3H2,1-2H3,(H,17,18). The molecule has 0 saturated carbocycles. The average Bonchev–Trinajstić information content (AvgIpc) is 2.99. The van der Waals surface area contributed by atoms with Crippen LogP contribution in [0.25, 0.3) is 0 Å². The lowest BCUT2D eigenvalue weighted by molar-refractivity contribution is 0.0498. The number of hydrogen-bond donors (Lipinski definition) is 1. The monoisotopic (exact) mass is 336 g/mol. The van der Waals surface area contributed by atoms with Gasteiger partial charge in [0.25, 0.3) is 0 Å². The van der Waals surface area contributed by atoms with Gasteiger partial charge in [0.1, 0.15) is 11.3 Å². The average molecular weight is 337 g/mol. The zero-order valence-electron chi connectivity index (χ0n) is 12.4. The van der Waals surface area contributed by atoms with Crippen molar-refractivity contribution in [2.75, 3.05) is 13.7 Å². The lowest BCUT2D eigenvalue weighted by Crippen LogP contribution is -2.15. The van der Waals surface area contributed by atoms with Gasteiger partial charge in [-0.15, -0.1) is 0 Å². The summed E-state index contributed by atoms with van der Waals surface area (Å²) in [6, 6.07) is 6.31. The van der Waals surface area contributed by atoms with Gasteiger partial charge in [0.05, 0.1) is 18.7 Å². The van der Waals surface area contributed by atoms with Gasteiger partial charge in [0, 0.05) is 5.56 Å². The number of methoxy groups -OCH3 is 1. The second-order valence-electron chi connectivity index (χ2n) is 4.34. The molecule has 8 heteroatoms. The third-order valence-corrected chi connectivity index (χ3v) is 3.30. The summed E-state index contributed by atoms with van der Waals surface area (Å²) in [6.45, 7) is 1.72. The molecule has 7 nitrogen and oxygen atoms in total. The van der Waals surface area contributed by atoms with Crippen LogP contribution in [0.5, 0.6) is 0 Å². The number of carbonyl (C=O) groups is 3. The minimum Gasteiger partial charge on any atom is -0.465 e. The highest BCUT2D eigenvalue weighted by Gasteiger charge is 2.31. The third kappa shape index (κ3) is 3.24. The minimum absolute atomic E-state index is 0.103. The van der Waals surface area contributed by atoms with Crippen LogP contribution in [0.3, 0.4) is 0 Å². The van der Waals surface area contributed by atoms with Crippen LogP contribution in [-0.2, 0) is 9.47 Å². The summed E-state index contributed by atoms with van der Waals surface area (Å²) in [4.78, 5) is 36.4. The number of carbonyl (C=O) groups excluding carboxylic acids is 3. The first kappa shape index (κ1) is 16.7. The molecule has 0 spiro atoms. The van der Waals surface area contributed by atoms with Crippen molar-refractivity contribution in [3.05, 3.63) is 51.8 Å². The molecule has 2 rings (SSSR count). The number of nitrogens with zero attached hydrogens (tertiary/aromatic N) is 1. The Balaban J connectivity index is 2.55. The van der Waals surface area contributed by atoms with Crippen molar-refractivity contribution in [2.24, 2.45) is 0 Å². The topological polar surface area (TPSA) is 98.4 Å². The van der Waals surface area contributed by atoms with E-state index in [9.17, 15) is 14.4 Å². The van der Waals surface area contributed by atoms with E-state index in [4.69, 9.17) is 16.3 Å². The second-order valence-corrected chi connectivity index (χ2v) is 4.75. The van der Waals surface area contributed by atoms with E-state index in [1.165, 1.54) is 12.1 Å². The normalized spacial score (nSPS) is 10.2. The fraction of sp³-hybridized carbons (Fsp3) is 0.200. The van der Waals surface area contributed by atoms with E-state index in [1.54, 1.807) is 19.1 Å². The highest BCUT2D eigenvalue weighted by atomic mass is 35.5. The fourth-order valence-electron chi connectivity index (χ4n) is 1.93. The van der Waals surface area contributed by atoms with Crippen LogP contribution in [0.1, 0.15) is 43.8 Å². The number of ether oxygens (including phenoxy) is 2. The van der Waals surface area contributed by atoms with Crippen LogP contribution >= 0.6 is 11.6 Å². The molecule has 0 unspecified atom stereocenters. The predicted octanol–water partition coefficient (Wildman–Crippen LogP) is 2.26. The molecule has 0 aliphatic heterocycles. The van der Waals surface area contributed by atoms with Crippen molar-refractivity contribution < 1.29 is 23.9 Å². The molecule has 120 valence electrons. The van der Waals surface area contributed by atoms with E-state index >= 15 is 0 Å². The van der Waals surface area contributed by atoms with Crippen molar-refractivity contribution in [3.63, 3.8) is 0 Å². The van der Waals surface area contributed by atoms with E-state index in [2.05, 4.69) is 14.9 Å². The Morgan fingerprint density at radius 3 is 2.52 bits per heavy atom. The minimum atomic E-state index is -0.878. The quantitative estimate of drug-likeness (QED) is 0.664. The number of hydrogen-bond acceptors (Lipinski definition) is 6. The number of H-pyrrole nitrogens is 1. The summed E-state index contributed by atoms with van der Waals surface area (Å²) in [5.74, 6) is -2.29. The Kier molecular flexibility index (Phi) is 5.13. The van der Waals surface area contributed by atoms with Gasteiger partial charge in [-0.25, -0.2) is 9.59 Å². The summed E-state index contributed by atoms with van der Waals surface area (Å²) < 4.78 is 9.46. The highest BCUT2D eigenvalue weighted by molar-refractivity contribution is 6.35. The summed E-state index contributed by atoms with van der Waals surface area (Å²) >= 11 is 5.99. The zero-order chi connectivity index (χ0) is 17.0. The molecular weight excluding hydrogens is 324 g/mol. The molecule has 0 amide bonds. The first-order valence-electron chi connectivity index (χ1n) is 6.64. The van der Waals surface area contributed by atoms with Crippen molar-refractivity contribution in [3.8, 4) is 0 Å². The molecule has 0 atom stereocenters. The van der Waals surface area contributed by atoms with E-state index in [0.717, 1.165) is 7.11 Å². The Morgan fingerprint density at radius 1 is 1.22 bits per heavy atom. The van der Waals surface area contributed by atoms with Crippen molar-refractivity contribution >= 4 is 29.3 Å². The molecule has 0 aliphatic rings. The zero-order valence-corrected chi connectivity index (χ0v) is 13.1. The number of aromatic nitrogens is 2. The number of esters is 2. The maximum absolute atomic E-state index is 12.6. The van der Waals surface area contributed by atoms with Gasteiger partial charge >= 0.3 is 11.9 Å². The molecule has 1 aromatic heterocycles.